The van der Waals surface area contributed by atoms with Crippen LogP contribution < -0.4 is 5.32 Å². The van der Waals surface area contributed by atoms with Gasteiger partial charge in [-0.15, -0.1) is 11.3 Å². The van der Waals surface area contributed by atoms with Gasteiger partial charge in [-0.1, -0.05) is 6.07 Å². The van der Waals surface area contributed by atoms with E-state index in [0.29, 0.717) is 0 Å². The van der Waals surface area contributed by atoms with E-state index >= 15 is 0 Å². The molecule has 21 heavy (non-hydrogen) atoms. The van der Waals surface area contributed by atoms with Crippen molar-refractivity contribution in [3.8, 4) is 0 Å². The second kappa shape index (κ2) is 6.83. The maximum atomic E-state index is 12.5. The summed E-state index contributed by atoms with van der Waals surface area (Å²) in [5, 5.41) is 4.84. The van der Waals surface area contributed by atoms with Gasteiger partial charge >= 0.3 is 0 Å². The fourth-order valence-electron chi connectivity index (χ4n) is 2.24. The number of hydrogen-bond acceptors (Lipinski definition) is 4. The number of thiophene rings is 1. The molecule has 0 radical (unpaired) electrons. The summed E-state index contributed by atoms with van der Waals surface area (Å²) in [7, 11) is 0. The first-order valence-corrected chi connectivity index (χ1v) is 9.18. The molecule has 6 heteroatoms. The topological polar surface area (TPSA) is 49.4 Å². The molecule has 0 spiro atoms. The lowest BCUT2D eigenvalue weighted by atomic mass is 9.90. The van der Waals surface area contributed by atoms with Crippen molar-refractivity contribution in [3.63, 3.8) is 0 Å². The summed E-state index contributed by atoms with van der Waals surface area (Å²) < 4.78 is 0. The van der Waals surface area contributed by atoms with Crippen molar-refractivity contribution in [1.29, 1.82) is 0 Å². The molecule has 2 rings (SSSR count). The van der Waals surface area contributed by atoms with Crippen LogP contribution in [0.15, 0.2) is 17.5 Å². The van der Waals surface area contributed by atoms with Crippen LogP contribution in [-0.2, 0) is 15.0 Å². The molecule has 0 unspecified atom stereocenters. The van der Waals surface area contributed by atoms with Crippen LogP contribution in [0.3, 0.4) is 0 Å². The average Bonchev–Trinajstić information content (AvgIpc) is 3.02. The molecular formula is C15H22N2O2S2. The summed E-state index contributed by atoms with van der Waals surface area (Å²) in [6, 6.07) is 3.42. The van der Waals surface area contributed by atoms with Crippen LogP contribution in [0.4, 0.5) is 0 Å². The van der Waals surface area contributed by atoms with Gasteiger partial charge in [0.2, 0.25) is 11.8 Å². The molecule has 2 amide bonds. The highest BCUT2D eigenvalue weighted by Crippen LogP contribution is 2.27. The number of amides is 2. The number of nitrogens with one attached hydrogen (secondary N) is 1. The molecule has 0 saturated carbocycles. The molecule has 116 valence electrons. The van der Waals surface area contributed by atoms with Crippen LogP contribution in [0.25, 0.3) is 0 Å². The zero-order chi connectivity index (χ0) is 15.5. The fourth-order valence-corrected chi connectivity index (χ4v) is 3.99. The van der Waals surface area contributed by atoms with E-state index < -0.39 is 11.5 Å². The minimum Gasteiger partial charge on any atom is -0.344 e. The Labute approximate surface area is 134 Å². The molecular weight excluding hydrogens is 304 g/mol. The lowest BCUT2D eigenvalue weighted by Gasteiger charge is -2.31. The van der Waals surface area contributed by atoms with Crippen LogP contribution >= 0.6 is 23.1 Å². The van der Waals surface area contributed by atoms with E-state index in [-0.39, 0.29) is 11.8 Å². The largest absolute Gasteiger partial charge is 0.344 e. The highest BCUT2D eigenvalue weighted by Gasteiger charge is 2.33. The normalized spacial score (nSPS) is 17.4. The second-order valence-electron chi connectivity index (χ2n) is 5.74. The first-order valence-electron chi connectivity index (χ1n) is 7.14. The molecule has 1 N–H and O–H groups in total. The van der Waals surface area contributed by atoms with Crippen molar-refractivity contribution in [2.24, 2.45) is 0 Å². The van der Waals surface area contributed by atoms with Crippen LogP contribution in [0, 0.1) is 0 Å². The van der Waals surface area contributed by atoms with Crippen LogP contribution in [0.2, 0.25) is 0 Å². The Morgan fingerprint density at radius 2 is 2.00 bits per heavy atom. The first-order chi connectivity index (χ1) is 9.93. The third-order valence-corrected chi connectivity index (χ3v) is 5.88. The molecule has 0 aromatic carbocycles. The second-order valence-corrected chi connectivity index (χ2v) is 7.91. The van der Waals surface area contributed by atoms with Gasteiger partial charge < -0.3 is 10.2 Å². The van der Waals surface area contributed by atoms with Gasteiger partial charge in [0.05, 0.1) is 5.41 Å². The minimum atomic E-state index is -0.611. The lowest BCUT2D eigenvalue weighted by molar-refractivity contribution is -0.136. The zero-order valence-electron chi connectivity index (χ0n) is 12.7. The van der Waals surface area contributed by atoms with E-state index in [1.54, 1.807) is 18.3 Å². The van der Waals surface area contributed by atoms with Gasteiger partial charge in [0.15, 0.2) is 0 Å². The number of carbonyl (C=O) groups excluding carboxylic acids is 2. The number of carbonyl (C=O) groups is 2. The highest BCUT2D eigenvalue weighted by atomic mass is 32.2. The van der Waals surface area contributed by atoms with Gasteiger partial charge in [-0.3, -0.25) is 9.59 Å². The molecule has 1 fully saturated rings. The summed E-state index contributed by atoms with van der Waals surface area (Å²) in [5.74, 6) is 1.88. The quantitative estimate of drug-likeness (QED) is 0.922. The van der Waals surface area contributed by atoms with E-state index in [1.807, 2.05) is 48.0 Å². The van der Waals surface area contributed by atoms with Crippen molar-refractivity contribution in [1.82, 2.24) is 10.2 Å². The Morgan fingerprint density at radius 1 is 1.33 bits per heavy atom. The Hall–Kier alpha value is -1.01. The summed E-state index contributed by atoms with van der Waals surface area (Å²) >= 11 is 3.43. The molecule has 1 aliphatic heterocycles. The third kappa shape index (κ3) is 3.80. The van der Waals surface area contributed by atoms with Crippen molar-refractivity contribution in [2.45, 2.75) is 32.2 Å². The molecule has 1 saturated heterocycles. The Morgan fingerprint density at radius 3 is 2.57 bits per heavy atom. The molecule has 1 aliphatic rings. The number of hydrogen-bond donors (Lipinski definition) is 1. The molecule has 0 bridgehead atoms. The Balaban J connectivity index is 1.96. The monoisotopic (exact) mass is 326 g/mol. The number of nitrogens with zero attached hydrogens (tertiary/aromatic N) is 1. The van der Waals surface area contributed by atoms with Gasteiger partial charge in [-0.2, -0.15) is 11.8 Å². The summed E-state index contributed by atoms with van der Waals surface area (Å²) in [4.78, 5) is 27.7. The highest BCUT2D eigenvalue weighted by molar-refractivity contribution is 7.99. The zero-order valence-corrected chi connectivity index (χ0v) is 14.4. The number of thioether (sulfide) groups is 1. The molecule has 1 aromatic rings. The maximum absolute atomic E-state index is 12.5. The lowest BCUT2D eigenvalue weighted by Crippen LogP contribution is -2.52. The van der Waals surface area contributed by atoms with E-state index in [2.05, 4.69) is 5.32 Å². The van der Waals surface area contributed by atoms with Gasteiger partial charge in [-0.05, 0) is 32.2 Å². The Bertz CT molecular complexity index is 494. The third-order valence-electron chi connectivity index (χ3n) is 3.75. The minimum absolute atomic E-state index is 0.0191. The van der Waals surface area contributed by atoms with E-state index in [9.17, 15) is 9.59 Å². The van der Waals surface area contributed by atoms with Gasteiger partial charge in [0.25, 0.3) is 0 Å². The Kier molecular flexibility index (Phi) is 5.32. The van der Waals surface area contributed by atoms with Crippen molar-refractivity contribution in [3.05, 3.63) is 22.4 Å². The maximum Gasteiger partial charge on any atom is 0.244 e. The fraction of sp³-hybridized carbons (Fsp3) is 0.600. The average molecular weight is 326 g/mol. The van der Waals surface area contributed by atoms with E-state index in [0.717, 1.165) is 29.5 Å². The molecule has 2 heterocycles. The smallest absolute Gasteiger partial charge is 0.244 e. The van der Waals surface area contributed by atoms with Gasteiger partial charge in [0.1, 0.15) is 6.04 Å². The predicted octanol–water partition coefficient (Wildman–Crippen LogP) is 2.11. The van der Waals surface area contributed by atoms with Crippen molar-refractivity contribution >= 4 is 34.9 Å². The summed E-state index contributed by atoms with van der Waals surface area (Å²) in [6.45, 7) is 7.11. The standard InChI is InChI=1S/C15H22N2O2S2/c1-11(13(18)17-6-9-20-10-7-17)16-14(19)15(2,3)12-5-4-8-21-12/h4-5,8,11H,6-7,9-10H2,1-3H3,(H,16,19)/t11-/m1/s1. The van der Waals surface area contributed by atoms with Crippen LogP contribution in [0.1, 0.15) is 25.6 Å². The van der Waals surface area contributed by atoms with E-state index in [1.165, 1.54) is 0 Å². The van der Waals surface area contributed by atoms with Crippen LogP contribution in [-0.4, -0.2) is 47.4 Å². The summed E-state index contributed by atoms with van der Waals surface area (Å²) in [6.07, 6.45) is 0. The summed E-state index contributed by atoms with van der Waals surface area (Å²) in [5.41, 5.74) is -0.611. The molecule has 0 aliphatic carbocycles. The number of rotatable bonds is 4. The molecule has 1 atom stereocenters. The van der Waals surface area contributed by atoms with Crippen molar-refractivity contribution in [2.75, 3.05) is 24.6 Å². The van der Waals surface area contributed by atoms with Crippen LogP contribution in [0.5, 0.6) is 0 Å². The van der Waals surface area contributed by atoms with Crippen molar-refractivity contribution < 1.29 is 9.59 Å². The van der Waals surface area contributed by atoms with Gasteiger partial charge in [-0.25, -0.2) is 0 Å². The van der Waals surface area contributed by atoms with Gasteiger partial charge in [0, 0.05) is 29.5 Å². The van der Waals surface area contributed by atoms with E-state index in [4.69, 9.17) is 0 Å². The SMILES string of the molecule is C[C@@H](NC(=O)C(C)(C)c1cccs1)C(=O)N1CCSCC1. The molecule has 4 nitrogen and oxygen atoms in total. The first kappa shape index (κ1) is 16.4. The predicted molar refractivity (Wildman–Crippen MR) is 88.9 cm³/mol. The molecule has 1 aromatic heterocycles.